The molecule has 0 N–H and O–H groups in total. The molecule has 31 heavy (non-hydrogen) atoms. The van der Waals surface area contributed by atoms with Crippen molar-refractivity contribution in [3.63, 3.8) is 0 Å². The van der Waals surface area contributed by atoms with Gasteiger partial charge in [0, 0.05) is 18.8 Å². The summed E-state index contributed by atoms with van der Waals surface area (Å²) in [6.07, 6.45) is 4.36. The number of nitrogens with zero attached hydrogens (tertiary/aromatic N) is 2. The van der Waals surface area contributed by atoms with E-state index in [9.17, 15) is 14.4 Å². The number of rotatable bonds is 4. The van der Waals surface area contributed by atoms with Gasteiger partial charge in [-0.1, -0.05) is 40.3 Å². The molecular formula is C24H42N2O5. The lowest BCUT2D eigenvalue weighted by atomic mass is 9.97. The number of hydrogen-bond acceptors (Lipinski definition) is 5. The predicted octanol–water partition coefficient (Wildman–Crippen LogP) is 5.09. The highest BCUT2D eigenvalue weighted by Crippen LogP contribution is 2.27. The molecule has 0 radical (unpaired) electrons. The molecule has 0 spiro atoms. The third kappa shape index (κ3) is 9.40. The molecule has 0 aromatic carbocycles. The van der Waals surface area contributed by atoms with Gasteiger partial charge in [-0.25, -0.2) is 9.59 Å². The van der Waals surface area contributed by atoms with E-state index in [1.54, 1.807) is 58.6 Å². The monoisotopic (exact) mass is 438 g/mol. The molecule has 1 aliphatic rings. The molecule has 0 aromatic heterocycles. The molecule has 0 aliphatic carbocycles. The van der Waals surface area contributed by atoms with E-state index in [2.05, 4.69) is 11.3 Å². The quantitative estimate of drug-likeness (QED) is 0.347. The Morgan fingerprint density at radius 1 is 1.10 bits per heavy atom. The smallest absolute Gasteiger partial charge is 0.411 e. The number of ether oxygens (including phenoxy) is 2. The van der Waals surface area contributed by atoms with Crippen LogP contribution in [0.3, 0.4) is 0 Å². The van der Waals surface area contributed by atoms with Crippen molar-refractivity contribution in [3.8, 4) is 0 Å². The summed E-state index contributed by atoms with van der Waals surface area (Å²) in [6.45, 7) is 22.9. The van der Waals surface area contributed by atoms with E-state index in [4.69, 9.17) is 4.74 Å². The number of carbonyl (C=O) groups excluding carboxylic acids is 3. The molecule has 0 aromatic rings. The van der Waals surface area contributed by atoms with E-state index in [0.717, 1.165) is 0 Å². The van der Waals surface area contributed by atoms with Crippen LogP contribution in [0.1, 0.15) is 69.2 Å². The SMILES string of the molecule is C=C(/C=C\C=C(/C)N1CCN(C(=O)OC(C)(C)C)C(C)(C)C1=O)C(=O)OC.CC.CC. The van der Waals surface area contributed by atoms with Crippen molar-refractivity contribution in [1.29, 1.82) is 0 Å². The maximum Gasteiger partial charge on any atom is 0.411 e. The molecule has 0 unspecified atom stereocenters. The number of carbonyl (C=O) groups is 3. The maximum atomic E-state index is 12.9. The predicted molar refractivity (Wildman–Crippen MR) is 125 cm³/mol. The molecule has 7 nitrogen and oxygen atoms in total. The molecule has 2 amide bonds. The lowest BCUT2D eigenvalue weighted by molar-refractivity contribution is -0.145. The van der Waals surface area contributed by atoms with Gasteiger partial charge in [-0.15, -0.1) is 0 Å². The van der Waals surface area contributed by atoms with Gasteiger partial charge in [0.25, 0.3) is 5.91 Å². The van der Waals surface area contributed by atoms with Gasteiger partial charge in [0.1, 0.15) is 11.1 Å². The van der Waals surface area contributed by atoms with Gasteiger partial charge < -0.3 is 14.4 Å². The summed E-state index contributed by atoms with van der Waals surface area (Å²) in [5.41, 5.74) is -0.751. The maximum absolute atomic E-state index is 12.9. The van der Waals surface area contributed by atoms with E-state index >= 15 is 0 Å². The van der Waals surface area contributed by atoms with E-state index < -0.39 is 23.2 Å². The largest absolute Gasteiger partial charge is 0.465 e. The molecule has 0 bridgehead atoms. The molecule has 1 rings (SSSR count). The molecule has 1 heterocycles. The van der Waals surface area contributed by atoms with Crippen LogP contribution in [0.5, 0.6) is 0 Å². The molecule has 0 atom stereocenters. The molecule has 0 saturated carbocycles. The Morgan fingerprint density at radius 2 is 1.61 bits per heavy atom. The molecule has 7 heteroatoms. The minimum absolute atomic E-state index is 0.200. The zero-order chi connectivity index (χ0) is 25.0. The highest BCUT2D eigenvalue weighted by molar-refractivity contribution is 5.92. The average molecular weight is 439 g/mol. The molecule has 178 valence electrons. The van der Waals surface area contributed by atoms with Gasteiger partial charge in [-0.05, 0) is 53.7 Å². The van der Waals surface area contributed by atoms with Crippen molar-refractivity contribution in [2.75, 3.05) is 20.2 Å². The van der Waals surface area contributed by atoms with Crippen LogP contribution in [0.15, 0.2) is 36.1 Å². The second kappa shape index (κ2) is 13.7. The highest BCUT2D eigenvalue weighted by atomic mass is 16.6. The first-order chi connectivity index (χ1) is 14.3. The van der Waals surface area contributed by atoms with Crippen molar-refractivity contribution in [2.45, 2.75) is 80.4 Å². The zero-order valence-electron chi connectivity index (χ0n) is 21.3. The van der Waals surface area contributed by atoms with Crippen molar-refractivity contribution in [1.82, 2.24) is 9.80 Å². The minimum atomic E-state index is -1.03. The first kappa shape index (κ1) is 30.6. The van der Waals surface area contributed by atoms with Gasteiger partial charge in [0.15, 0.2) is 0 Å². The number of methoxy groups -OCH3 is 1. The second-order valence-electron chi connectivity index (χ2n) is 7.83. The fraction of sp³-hybridized carbons (Fsp3) is 0.625. The Balaban J connectivity index is 0. The Bertz CT molecular complexity index is 685. The van der Waals surface area contributed by atoms with Crippen molar-refractivity contribution in [3.05, 3.63) is 36.1 Å². The van der Waals surface area contributed by atoms with E-state index in [1.807, 2.05) is 27.7 Å². The standard InChI is InChI=1S/C20H30N2O5.2C2H6/c1-14(16(23)26-8)10-9-11-15(2)21-12-13-22(20(6,7)17(21)24)18(25)27-19(3,4)5;2*1-2/h9-11H,1,12-13H2,2-8H3;2*1-2H3/b10-9-,15-11+;;. The first-order valence-corrected chi connectivity index (χ1v) is 10.8. The molecule has 1 fully saturated rings. The average Bonchev–Trinajstić information content (AvgIpc) is 2.70. The van der Waals surface area contributed by atoms with Crippen LogP contribution in [0.4, 0.5) is 4.79 Å². The number of amides is 2. The number of esters is 1. The lowest BCUT2D eigenvalue weighted by Crippen LogP contribution is -2.64. The van der Waals surface area contributed by atoms with Crippen LogP contribution in [0.2, 0.25) is 0 Å². The van der Waals surface area contributed by atoms with Crippen molar-refractivity contribution >= 4 is 18.0 Å². The normalized spacial score (nSPS) is 16.0. The summed E-state index contributed by atoms with van der Waals surface area (Å²) in [7, 11) is 1.29. The van der Waals surface area contributed by atoms with E-state index in [-0.39, 0.29) is 11.5 Å². The Kier molecular flexibility index (Phi) is 13.5. The van der Waals surface area contributed by atoms with Gasteiger partial charge in [-0.3, -0.25) is 9.69 Å². The molecular weight excluding hydrogens is 396 g/mol. The topological polar surface area (TPSA) is 76.2 Å². The highest BCUT2D eigenvalue weighted by Gasteiger charge is 2.46. The summed E-state index contributed by atoms with van der Waals surface area (Å²) in [4.78, 5) is 39.8. The molecule has 1 aliphatic heterocycles. The second-order valence-corrected chi connectivity index (χ2v) is 7.83. The van der Waals surface area contributed by atoms with Gasteiger partial charge in [0.2, 0.25) is 0 Å². The fourth-order valence-corrected chi connectivity index (χ4v) is 2.59. The van der Waals surface area contributed by atoms with E-state index in [0.29, 0.717) is 18.8 Å². The summed E-state index contributed by atoms with van der Waals surface area (Å²) < 4.78 is 9.99. The summed E-state index contributed by atoms with van der Waals surface area (Å²) in [5.74, 6) is -0.714. The van der Waals surface area contributed by atoms with Crippen LogP contribution >= 0.6 is 0 Å². The fourth-order valence-electron chi connectivity index (χ4n) is 2.59. The van der Waals surface area contributed by atoms with Crippen LogP contribution in [-0.2, 0) is 19.1 Å². The third-order valence-corrected chi connectivity index (χ3v) is 4.11. The Morgan fingerprint density at radius 3 is 2.06 bits per heavy atom. The third-order valence-electron chi connectivity index (χ3n) is 4.11. The van der Waals surface area contributed by atoms with Crippen LogP contribution in [0, 0.1) is 0 Å². The number of hydrogen-bond donors (Lipinski definition) is 0. The van der Waals surface area contributed by atoms with Gasteiger partial charge >= 0.3 is 12.1 Å². The Hall–Kier alpha value is -2.57. The van der Waals surface area contributed by atoms with E-state index in [1.165, 1.54) is 18.1 Å². The van der Waals surface area contributed by atoms with Crippen molar-refractivity contribution < 1.29 is 23.9 Å². The Labute approximate surface area is 188 Å². The molecule has 1 saturated heterocycles. The van der Waals surface area contributed by atoms with Crippen molar-refractivity contribution in [2.24, 2.45) is 0 Å². The summed E-state index contributed by atoms with van der Waals surface area (Å²) >= 11 is 0. The minimum Gasteiger partial charge on any atom is -0.465 e. The number of piperazine rings is 1. The van der Waals surface area contributed by atoms with Gasteiger partial charge in [0.05, 0.1) is 12.7 Å². The zero-order valence-corrected chi connectivity index (χ0v) is 21.3. The number of allylic oxidation sites excluding steroid dienone is 3. The summed E-state index contributed by atoms with van der Waals surface area (Å²) in [6, 6.07) is 0. The van der Waals surface area contributed by atoms with Crippen LogP contribution in [0.25, 0.3) is 0 Å². The van der Waals surface area contributed by atoms with Crippen LogP contribution < -0.4 is 0 Å². The van der Waals surface area contributed by atoms with Gasteiger partial charge in [-0.2, -0.15) is 0 Å². The summed E-state index contributed by atoms with van der Waals surface area (Å²) in [5, 5.41) is 0. The first-order valence-electron chi connectivity index (χ1n) is 10.8. The van der Waals surface area contributed by atoms with Crippen LogP contribution in [-0.4, -0.2) is 59.1 Å². The lowest BCUT2D eigenvalue weighted by Gasteiger charge is -2.46.